The maximum absolute atomic E-state index is 11.9. The fourth-order valence-electron chi connectivity index (χ4n) is 3.79. The third-order valence-electron chi connectivity index (χ3n) is 6.05. The highest BCUT2D eigenvalue weighted by Crippen LogP contribution is 2.34. The van der Waals surface area contributed by atoms with Gasteiger partial charge in [-0.3, -0.25) is 4.79 Å². The van der Waals surface area contributed by atoms with E-state index < -0.39 is 0 Å². The van der Waals surface area contributed by atoms with E-state index >= 15 is 0 Å². The maximum atomic E-state index is 11.9. The highest BCUT2D eigenvalue weighted by Gasteiger charge is 2.28. The number of terminal acetylenes is 1. The molecule has 1 atom stereocenters. The molecule has 4 nitrogen and oxygen atoms in total. The molecule has 1 saturated carbocycles. The van der Waals surface area contributed by atoms with Gasteiger partial charge in [0.05, 0.1) is 12.6 Å². The molecule has 2 fully saturated rings. The molecule has 1 aliphatic heterocycles. The average molecular weight is 403 g/mol. The van der Waals surface area contributed by atoms with Gasteiger partial charge in [0.2, 0.25) is 5.91 Å². The first-order chi connectivity index (χ1) is 14.6. The van der Waals surface area contributed by atoms with Crippen LogP contribution in [0.5, 0.6) is 5.75 Å². The second-order valence-corrected chi connectivity index (χ2v) is 8.51. The van der Waals surface area contributed by atoms with E-state index in [4.69, 9.17) is 11.2 Å². The van der Waals surface area contributed by atoms with E-state index in [-0.39, 0.29) is 11.9 Å². The Hall–Kier alpha value is -2.93. The molecule has 1 unspecified atom stereocenters. The number of carbonyl (C=O) groups excluding carboxylic acids is 1. The molecule has 1 heterocycles. The molecule has 1 N–H and O–H groups in total. The summed E-state index contributed by atoms with van der Waals surface area (Å²) in [6.07, 6.45) is 8.71. The van der Waals surface area contributed by atoms with Crippen molar-refractivity contribution in [3.63, 3.8) is 0 Å². The number of ether oxygens (including phenoxy) is 1. The summed E-state index contributed by atoms with van der Waals surface area (Å²) in [6, 6.07) is 17.1. The molecule has 156 valence electrons. The fourth-order valence-corrected chi connectivity index (χ4v) is 3.79. The molecule has 4 heteroatoms. The van der Waals surface area contributed by atoms with Crippen LogP contribution in [0.4, 0.5) is 5.69 Å². The molecule has 0 radical (unpaired) electrons. The van der Waals surface area contributed by atoms with Crippen LogP contribution in [0.25, 0.3) is 0 Å². The SMILES string of the molecule is C#CCCC(=O)NC(C)c1ccc(C2CN(c3ccc(OCC4CC4)cc3)C2)cc1. The normalized spacial score (nSPS) is 17.0. The summed E-state index contributed by atoms with van der Waals surface area (Å²) >= 11 is 0. The minimum atomic E-state index is -0.0112. The molecule has 1 aliphatic carbocycles. The van der Waals surface area contributed by atoms with Crippen molar-refractivity contribution in [2.24, 2.45) is 5.92 Å². The molecule has 0 spiro atoms. The zero-order chi connectivity index (χ0) is 20.9. The van der Waals surface area contributed by atoms with Crippen molar-refractivity contribution in [3.05, 3.63) is 59.7 Å². The average Bonchev–Trinajstić information content (AvgIpc) is 3.55. The summed E-state index contributed by atoms with van der Waals surface area (Å²) < 4.78 is 5.83. The number of hydrogen-bond acceptors (Lipinski definition) is 3. The lowest BCUT2D eigenvalue weighted by atomic mass is 9.90. The first kappa shape index (κ1) is 20.3. The smallest absolute Gasteiger partial charge is 0.221 e. The monoisotopic (exact) mass is 402 g/mol. The van der Waals surface area contributed by atoms with Gasteiger partial charge in [0.25, 0.3) is 0 Å². The van der Waals surface area contributed by atoms with Crippen LogP contribution in [0.2, 0.25) is 0 Å². The molecule has 2 aromatic carbocycles. The summed E-state index contributed by atoms with van der Waals surface area (Å²) in [6.45, 7) is 4.92. The predicted octanol–water partition coefficient (Wildman–Crippen LogP) is 4.67. The number of anilines is 1. The Morgan fingerprint density at radius 2 is 1.87 bits per heavy atom. The Bertz CT molecular complexity index is 888. The zero-order valence-corrected chi connectivity index (χ0v) is 17.6. The Morgan fingerprint density at radius 3 is 2.50 bits per heavy atom. The van der Waals surface area contributed by atoms with Crippen molar-refractivity contribution in [1.29, 1.82) is 0 Å². The molecule has 30 heavy (non-hydrogen) atoms. The topological polar surface area (TPSA) is 41.6 Å². The van der Waals surface area contributed by atoms with Crippen molar-refractivity contribution >= 4 is 11.6 Å². The zero-order valence-electron chi connectivity index (χ0n) is 17.6. The van der Waals surface area contributed by atoms with E-state index in [1.165, 1.54) is 24.1 Å². The molecular weight excluding hydrogens is 372 g/mol. The maximum Gasteiger partial charge on any atom is 0.221 e. The second kappa shape index (κ2) is 9.26. The highest BCUT2D eigenvalue weighted by molar-refractivity contribution is 5.76. The number of nitrogens with zero attached hydrogens (tertiary/aromatic N) is 1. The Balaban J connectivity index is 1.25. The van der Waals surface area contributed by atoms with Crippen LogP contribution in [0.3, 0.4) is 0 Å². The molecular formula is C26H30N2O2. The third kappa shape index (κ3) is 5.16. The van der Waals surface area contributed by atoms with Gasteiger partial charge in [-0.2, -0.15) is 0 Å². The number of hydrogen-bond donors (Lipinski definition) is 1. The molecule has 1 saturated heterocycles. The van der Waals surface area contributed by atoms with Gasteiger partial charge in [0, 0.05) is 37.5 Å². The van der Waals surface area contributed by atoms with Crippen LogP contribution in [0.15, 0.2) is 48.5 Å². The van der Waals surface area contributed by atoms with Crippen molar-refractivity contribution in [2.45, 2.75) is 44.6 Å². The largest absolute Gasteiger partial charge is 0.493 e. The van der Waals surface area contributed by atoms with Gasteiger partial charge < -0.3 is 15.0 Å². The number of carbonyl (C=O) groups is 1. The van der Waals surface area contributed by atoms with Crippen LogP contribution in [0, 0.1) is 18.3 Å². The van der Waals surface area contributed by atoms with E-state index in [0.717, 1.165) is 36.9 Å². The second-order valence-electron chi connectivity index (χ2n) is 8.51. The van der Waals surface area contributed by atoms with Gasteiger partial charge in [-0.05, 0) is 61.1 Å². The number of nitrogens with one attached hydrogen (secondary N) is 1. The van der Waals surface area contributed by atoms with Crippen LogP contribution >= 0.6 is 0 Å². The fraction of sp³-hybridized carbons (Fsp3) is 0.423. The van der Waals surface area contributed by atoms with Gasteiger partial charge in [-0.15, -0.1) is 12.3 Å². The minimum Gasteiger partial charge on any atom is -0.493 e. The Labute approximate surface area is 179 Å². The first-order valence-electron chi connectivity index (χ1n) is 10.9. The molecule has 2 aliphatic rings. The summed E-state index contributed by atoms with van der Waals surface area (Å²) in [4.78, 5) is 14.3. The third-order valence-corrected chi connectivity index (χ3v) is 6.05. The van der Waals surface area contributed by atoms with E-state index in [1.54, 1.807) is 0 Å². The van der Waals surface area contributed by atoms with E-state index in [2.05, 4.69) is 64.7 Å². The van der Waals surface area contributed by atoms with E-state index in [9.17, 15) is 4.79 Å². The van der Waals surface area contributed by atoms with Crippen LogP contribution < -0.4 is 15.0 Å². The standard InChI is InChI=1S/C26H30N2O2/c1-3-4-5-26(29)27-19(2)21-8-10-22(11-9-21)23-16-28(17-23)24-12-14-25(15-13-24)30-18-20-6-7-20/h1,8-15,19-20,23H,4-7,16-18H2,2H3,(H,27,29). The lowest BCUT2D eigenvalue weighted by Crippen LogP contribution is -2.45. The van der Waals surface area contributed by atoms with Gasteiger partial charge >= 0.3 is 0 Å². The van der Waals surface area contributed by atoms with Crippen molar-refractivity contribution in [3.8, 4) is 18.1 Å². The van der Waals surface area contributed by atoms with Gasteiger partial charge in [-0.25, -0.2) is 0 Å². The lowest BCUT2D eigenvalue weighted by Gasteiger charge is -2.41. The van der Waals surface area contributed by atoms with E-state index in [1.807, 2.05) is 6.92 Å². The van der Waals surface area contributed by atoms with Crippen molar-refractivity contribution in [2.75, 3.05) is 24.6 Å². The van der Waals surface area contributed by atoms with Gasteiger partial charge in [0.1, 0.15) is 5.75 Å². The van der Waals surface area contributed by atoms with Crippen LogP contribution in [0.1, 0.15) is 55.7 Å². The molecule has 1 amide bonds. The Kier molecular flexibility index (Phi) is 6.28. The summed E-state index contributed by atoms with van der Waals surface area (Å²) in [5.41, 5.74) is 3.72. The lowest BCUT2D eigenvalue weighted by molar-refractivity contribution is -0.121. The quantitative estimate of drug-likeness (QED) is 0.620. The highest BCUT2D eigenvalue weighted by atomic mass is 16.5. The minimum absolute atomic E-state index is 0.00289. The number of benzene rings is 2. The van der Waals surface area contributed by atoms with Gasteiger partial charge in [0.15, 0.2) is 0 Å². The summed E-state index contributed by atoms with van der Waals surface area (Å²) in [5, 5.41) is 3.01. The van der Waals surface area contributed by atoms with E-state index in [0.29, 0.717) is 18.8 Å². The predicted molar refractivity (Wildman–Crippen MR) is 121 cm³/mol. The molecule has 0 bridgehead atoms. The van der Waals surface area contributed by atoms with Crippen molar-refractivity contribution in [1.82, 2.24) is 5.32 Å². The first-order valence-corrected chi connectivity index (χ1v) is 10.9. The molecule has 4 rings (SSSR count). The number of amides is 1. The Morgan fingerprint density at radius 1 is 1.17 bits per heavy atom. The summed E-state index contributed by atoms with van der Waals surface area (Å²) in [7, 11) is 0. The van der Waals surface area contributed by atoms with Gasteiger partial charge in [-0.1, -0.05) is 24.3 Å². The van der Waals surface area contributed by atoms with Crippen molar-refractivity contribution < 1.29 is 9.53 Å². The van der Waals surface area contributed by atoms with Crippen LogP contribution in [-0.4, -0.2) is 25.6 Å². The summed E-state index contributed by atoms with van der Waals surface area (Å²) in [5.74, 6) is 4.80. The number of rotatable bonds is 9. The molecule has 0 aromatic heterocycles. The molecule has 2 aromatic rings. The van der Waals surface area contributed by atoms with Crippen LogP contribution in [-0.2, 0) is 4.79 Å².